The van der Waals surface area contributed by atoms with Crippen molar-refractivity contribution in [1.29, 1.82) is 0 Å². The average molecular weight is 278 g/mol. The van der Waals surface area contributed by atoms with Crippen molar-refractivity contribution < 1.29 is 0 Å². The molecule has 3 aliphatic rings. The van der Waals surface area contributed by atoms with Gasteiger partial charge in [0.15, 0.2) is 0 Å². The Labute approximate surface area is 124 Å². The first-order valence-corrected chi connectivity index (χ1v) is 7.22. The Bertz CT molecular complexity index is 642. The van der Waals surface area contributed by atoms with E-state index in [1.165, 1.54) is 0 Å². The molecule has 0 spiro atoms. The van der Waals surface area contributed by atoms with Gasteiger partial charge in [0, 0.05) is 18.9 Å². The average Bonchev–Trinajstić information content (AvgIpc) is 2.55. The van der Waals surface area contributed by atoms with Gasteiger partial charge in [-0.25, -0.2) is 0 Å². The van der Waals surface area contributed by atoms with E-state index in [9.17, 15) is 0 Å². The largest absolute Gasteiger partial charge is 0.192 e. The summed E-state index contributed by atoms with van der Waals surface area (Å²) in [7, 11) is 1.69. The highest BCUT2D eigenvalue weighted by Crippen LogP contribution is 2.37. The minimum atomic E-state index is 0.198. The van der Waals surface area contributed by atoms with E-state index in [1.54, 1.807) is 7.05 Å². The zero-order chi connectivity index (χ0) is 14.5. The van der Waals surface area contributed by atoms with Gasteiger partial charge in [0.25, 0.3) is 0 Å². The predicted molar refractivity (Wildman–Crippen MR) is 83.5 cm³/mol. The molecular weight excluding hydrogens is 260 g/mol. The van der Waals surface area contributed by atoms with Crippen LogP contribution in [0.2, 0.25) is 0 Å². The highest BCUT2D eigenvalue weighted by atomic mass is 15.1. The van der Waals surface area contributed by atoms with Crippen LogP contribution in [0.3, 0.4) is 0 Å². The first-order chi connectivity index (χ1) is 10.4. The molecule has 0 N–H and O–H groups in total. The smallest absolute Gasteiger partial charge is 0.0709 e. The van der Waals surface area contributed by atoms with Gasteiger partial charge in [0.1, 0.15) is 0 Å². The Kier molecular flexibility index (Phi) is 4.15. The Balaban J connectivity index is 1.85. The summed E-state index contributed by atoms with van der Waals surface area (Å²) in [6.07, 6.45) is 20.6. The van der Waals surface area contributed by atoms with Gasteiger partial charge in [-0.15, -0.1) is 0 Å². The standard InChI is InChI=1S/C17H18N4/c1-18-20-16-11-12-17(15-10-6-5-9-14(15)16)21-19-13-7-3-2-4-8-13/h2-3,5-7,9-12,14-15H,4,8H2,1H3/b20-18+,21-19+. The minimum Gasteiger partial charge on any atom is -0.192 e. The molecule has 2 unspecified atom stereocenters. The summed E-state index contributed by atoms with van der Waals surface area (Å²) >= 11 is 0. The van der Waals surface area contributed by atoms with Crippen molar-refractivity contribution in [3.8, 4) is 0 Å². The lowest BCUT2D eigenvalue weighted by atomic mass is 9.81. The predicted octanol–water partition coefficient (Wildman–Crippen LogP) is 4.89. The maximum atomic E-state index is 4.47. The molecule has 0 amide bonds. The second kappa shape index (κ2) is 6.39. The van der Waals surface area contributed by atoms with Crippen LogP contribution in [0, 0.1) is 11.8 Å². The lowest BCUT2D eigenvalue weighted by Crippen LogP contribution is -2.18. The van der Waals surface area contributed by atoms with Gasteiger partial charge in [-0.1, -0.05) is 36.5 Å². The minimum absolute atomic E-state index is 0.198. The summed E-state index contributed by atoms with van der Waals surface area (Å²) in [5.41, 5.74) is 2.99. The summed E-state index contributed by atoms with van der Waals surface area (Å²) in [6, 6.07) is 0. The van der Waals surface area contributed by atoms with Crippen LogP contribution in [0.1, 0.15) is 12.8 Å². The maximum Gasteiger partial charge on any atom is 0.0709 e. The van der Waals surface area contributed by atoms with E-state index in [0.717, 1.165) is 29.9 Å². The molecule has 0 saturated heterocycles. The van der Waals surface area contributed by atoms with E-state index in [1.807, 2.05) is 24.3 Å². The zero-order valence-electron chi connectivity index (χ0n) is 12.1. The van der Waals surface area contributed by atoms with Crippen molar-refractivity contribution >= 4 is 0 Å². The molecule has 3 aliphatic carbocycles. The summed E-state index contributed by atoms with van der Waals surface area (Å²) < 4.78 is 0. The third-order valence-electron chi connectivity index (χ3n) is 3.74. The Hall–Kier alpha value is -2.36. The molecule has 106 valence electrons. The SMILES string of the molecule is C/N=N/C1=CC=C(/N=N/C2=CC=CCC2)C2C=CC=CC12. The van der Waals surface area contributed by atoms with Crippen LogP contribution in [-0.4, -0.2) is 7.05 Å². The van der Waals surface area contributed by atoms with Crippen molar-refractivity contribution in [2.75, 3.05) is 7.05 Å². The van der Waals surface area contributed by atoms with Crippen LogP contribution < -0.4 is 0 Å². The van der Waals surface area contributed by atoms with Crippen LogP contribution in [0.25, 0.3) is 0 Å². The number of rotatable bonds is 3. The molecule has 0 aromatic heterocycles. The molecule has 0 bridgehead atoms. The molecule has 0 aliphatic heterocycles. The quantitative estimate of drug-likeness (QED) is 0.660. The Morgan fingerprint density at radius 3 is 2.19 bits per heavy atom. The van der Waals surface area contributed by atoms with Crippen molar-refractivity contribution in [3.05, 3.63) is 71.8 Å². The van der Waals surface area contributed by atoms with Gasteiger partial charge in [0.05, 0.1) is 17.1 Å². The zero-order valence-corrected chi connectivity index (χ0v) is 12.1. The van der Waals surface area contributed by atoms with Gasteiger partial charge in [-0.2, -0.15) is 20.5 Å². The van der Waals surface area contributed by atoms with Crippen molar-refractivity contribution in [1.82, 2.24) is 0 Å². The van der Waals surface area contributed by atoms with E-state index in [0.29, 0.717) is 0 Å². The van der Waals surface area contributed by atoms with Gasteiger partial charge < -0.3 is 0 Å². The summed E-state index contributed by atoms with van der Waals surface area (Å²) in [5.74, 6) is 0.405. The van der Waals surface area contributed by atoms with E-state index in [4.69, 9.17) is 0 Å². The molecule has 0 fully saturated rings. The van der Waals surface area contributed by atoms with Gasteiger partial charge in [0.2, 0.25) is 0 Å². The molecule has 0 aromatic carbocycles. The van der Waals surface area contributed by atoms with Crippen molar-refractivity contribution in [2.45, 2.75) is 12.8 Å². The fourth-order valence-corrected chi connectivity index (χ4v) is 2.68. The fraction of sp³-hybridized carbons (Fsp3) is 0.294. The van der Waals surface area contributed by atoms with Crippen LogP contribution in [-0.2, 0) is 0 Å². The summed E-state index contributed by atoms with van der Waals surface area (Å²) in [6.45, 7) is 0. The number of allylic oxidation sites excluding steroid dienone is 10. The number of azo groups is 2. The normalized spacial score (nSPS) is 27.8. The molecule has 0 saturated carbocycles. The third-order valence-corrected chi connectivity index (χ3v) is 3.74. The van der Waals surface area contributed by atoms with E-state index >= 15 is 0 Å². The van der Waals surface area contributed by atoms with Crippen LogP contribution in [0.15, 0.2) is 92.2 Å². The second-order valence-corrected chi connectivity index (χ2v) is 5.13. The van der Waals surface area contributed by atoms with Crippen LogP contribution in [0.4, 0.5) is 0 Å². The maximum absolute atomic E-state index is 4.47. The van der Waals surface area contributed by atoms with Crippen molar-refractivity contribution in [2.24, 2.45) is 32.3 Å². The Morgan fingerprint density at radius 2 is 1.57 bits per heavy atom. The molecule has 0 radical (unpaired) electrons. The first-order valence-electron chi connectivity index (χ1n) is 7.22. The molecule has 21 heavy (non-hydrogen) atoms. The molecular formula is C17H18N4. The van der Waals surface area contributed by atoms with Gasteiger partial charge >= 0.3 is 0 Å². The highest BCUT2D eigenvalue weighted by molar-refractivity contribution is 5.37. The first kappa shape index (κ1) is 13.6. The molecule has 2 atom stereocenters. The molecule has 0 aromatic rings. The number of fused-ring (bicyclic) bond motifs is 1. The van der Waals surface area contributed by atoms with Crippen LogP contribution >= 0.6 is 0 Å². The monoisotopic (exact) mass is 278 g/mol. The number of nitrogens with zero attached hydrogens (tertiary/aromatic N) is 4. The van der Waals surface area contributed by atoms with Crippen LogP contribution in [0.5, 0.6) is 0 Å². The lowest BCUT2D eigenvalue weighted by molar-refractivity contribution is 0.568. The molecule has 4 heteroatoms. The van der Waals surface area contributed by atoms with E-state index in [-0.39, 0.29) is 11.8 Å². The van der Waals surface area contributed by atoms with Gasteiger partial charge in [-0.3, -0.25) is 0 Å². The van der Waals surface area contributed by atoms with Gasteiger partial charge in [-0.05, 0) is 31.1 Å². The molecule has 3 rings (SSSR count). The number of hydrogen-bond donors (Lipinski definition) is 0. The molecule has 4 nitrogen and oxygen atoms in total. The third kappa shape index (κ3) is 3.05. The van der Waals surface area contributed by atoms with E-state index in [2.05, 4.69) is 50.8 Å². The highest BCUT2D eigenvalue weighted by Gasteiger charge is 2.28. The molecule has 0 heterocycles. The summed E-state index contributed by atoms with van der Waals surface area (Å²) in [5, 5.41) is 17.0. The topological polar surface area (TPSA) is 49.4 Å². The van der Waals surface area contributed by atoms with Crippen molar-refractivity contribution in [3.63, 3.8) is 0 Å². The lowest BCUT2D eigenvalue weighted by Gasteiger charge is -2.26. The van der Waals surface area contributed by atoms with E-state index < -0.39 is 0 Å². The number of hydrogen-bond acceptors (Lipinski definition) is 4. The fourth-order valence-electron chi connectivity index (χ4n) is 2.68. The summed E-state index contributed by atoms with van der Waals surface area (Å²) in [4.78, 5) is 0. The Morgan fingerprint density at radius 1 is 0.857 bits per heavy atom. The second-order valence-electron chi connectivity index (χ2n) is 5.13.